The summed E-state index contributed by atoms with van der Waals surface area (Å²) in [5.41, 5.74) is 14.1. The van der Waals surface area contributed by atoms with Gasteiger partial charge in [-0.3, -0.25) is 0 Å². The predicted molar refractivity (Wildman–Crippen MR) is 258 cm³/mol. The average Bonchev–Trinajstić information content (AvgIpc) is 3.04. The van der Waals surface area contributed by atoms with Crippen molar-refractivity contribution in [2.45, 2.75) is 262 Å². The van der Waals surface area contributed by atoms with Gasteiger partial charge in [-0.05, 0) is 182 Å². The molecule has 336 valence electrons. The summed E-state index contributed by atoms with van der Waals surface area (Å²) in [6, 6.07) is 0. The predicted octanol–water partition coefficient (Wildman–Crippen LogP) is 13.5. The molecule has 1 aliphatic carbocycles. The third kappa shape index (κ3) is 4.31. The molecule has 2 aromatic carbocycles. The lowest BCUT2D eigenvalue weighted by molar-refractivity contribution is -0.0800. The molecule has 2 N–H and O–H groups in total. The molecular formula is C56H90N2O2. The zero-order valence-electron chi connectivity index (χ0n) is 44.1. The Balaban J connectivity index is 1.53. The minimum Gasteiger partial charge on any atom is -0.392 e. The number of benzene rings is 2. The number of aliphatic hydroxyl groups is 2. The molecule has 4 aliphatic heterocycles. The molecule has 2 aromatic rings. The van der Waals surface area contributed by atoms with E-state index in [1.54, 1.807) is 0 Å². The Morgan fingerprint density at radius 3 is 0.650 bits per heavy atom. The molecule has 0 saturated heterocycles. The fourth-order valence-corrected chi connectivity index (χ4v) is 15.9. The van der Waals surface area contributed by atoms with Crippen LogP contribution in [0.3, 0.4) is 0 Å². The summed E-state index contributed by atoms with van der Waals surface area (Å²) in [5.74, 6) is -0.774. The Morgan fingerprint density at radius 1 is 0.317 bits per heavy atom. The Bertz CT molecular complexity index is 1930. The minimum atomic E-state index is -0.725. The van der Waals surface area contributed by atoms with Crippen molar-refractivity contribution in [3.8, 4) is 0 Å². The molecule has 4 nitrogen and oxygen atoms in total. The molecule has 0 bridgehead atoms. The number of anilines is 2. The number of hydrogen-bond acceptors (Lipinski definition) is 4. The first kappa shape index (κ1) is 46.0. The van der Waals surface area contributed by atoms with Crippen LogP contribution >= 0.6 is 0 Å². The summed E-state index contributed by atoms with van der Waals surface area (Å²) in [6.07, 6.45) is -1.45. The van der Waals surface area contributed by atoms with Gasteiger partial charge in [0.2, 0.25) is 0 Å². The summed E-state index contributed by atoms with van der Waals surface area (Å²) in [4.78, 5) is 5.65. The molecule has 1 saturated carbocycles. The highest BCUT2D eigenvalue weighted by molar-refractivity contribution is 5.81. The minimum absolute atomic E-state index is 0.104. The lowest BCUT2D eigenvalue weighted by Gasteiger charge is -2.74. The molecule has 4 heteroatoms. The fourth-order valence-electron chi connectivity index (χ4n) is 15.9. The smallest absolute Gasteiger partial charge is 0.0727 e. The van der Waals surface area contributed by atoms with E-state index in [1.807, 2.05) is 0 Å². The van der Waals surface area contributed by atoms with E-state index in [9.17, 15) is 10.2 Å². The van der Waals surface area contributed by atoms with Crippen LogP contribution < -0.4 is 9.80 Å². The van der Waals surface area contributed by atoms with Gasteiger partial charge in [0.25, 0.3) is 0 Å². The van der Waals surface area contributed by atoms with E-state index in [0.29, 0.717) is 0 Å². The summed E-state index contributed by atoms with van der Waals surface area (Å²) >= 11 is 0. The zero-order valence-corrected chi connectivity index (χ0v) is 44.1. The van der Waals surface area contributed by atoms with E-state index >= 15 is 0 Å². The highest BCUT2D eigenvalue weighted by atomic mass is 16.3. The van der Waals surface area contributed by atoms with Crippen LogP contribution in [0.15, 0.2) is 0 Å². The molecule has 0 amide bonds. The number of hydrogen-bond donors (Lipinski definition) is 2. The van der Waals surface area contributed by atoms with Crippen LogP contribution in [0.1, 0.15) is 234 Å². The van der Waals surface area contributed by atoms with E-state index in [1.165, 1.54) is 67.0 Å². The molecule has 0 atom stereocenters. The van der Waals surface area contributed by atoms with Gasteiger partial charge in [-0.15, -0.1) is 0 Å². The first-order valence-corrected chi connectivity index (χ1v) is 23.8. The quantitative estimate of drug-likeness (QED) is 0.317. The van der Waals surface area contributed by atoms with Gasteiger partial charge in [-0.2, -0.15) is 0 Å². The third-order valence-electron chi connectivity index (χ3n) is 23.8. The van der Waals surface area contributed by atoms with Crippen LogP contribution in [0.5, 0.6) is 0 Å². The fraction of sp³-hybridized carbons (Fsp3) is 0.786. The van der Waals surface area contributed by atoms with Gasteiger partial charge in [0.05, 0.1) is 12.2 Å². The SMILES string of the molecule is Cc1c(C2C(O)C(c3c(C)c4c5c(c3C)C(C)(C)C(C)(C)C(C)(C)N5C(C)(C)C(C)(C)C4(C)C)C2O)c(C)c2c3c1C(C)(C)C(C)(C)C(C)(C)N3C(C)(C)C(C)(C)C2(C)C. The van der Waals surface area contributed by atoms with Gasteiger partial charge in [0, 0.05) is 45.4 Å². The molecular weight excluding hydrogens is 733 g/mol. The van der Waals surface area contributed by atoms with Crippen LogP contribution in [0.4, 0.5) is 11.4 Å². The van der Waals surface area contributed by atoms with Crippen molar-refractivity contribution < 1.29 is 10.2 Å². The van der Waals surface area contributed by atoms with E-state index < -0.39 is 12.2 Å². The Kier molecular flexibility index (Phi) is 8.89. The molecule has 0 spiro atoms. The molecule has 1 fully saturated rings. The van der Waals surface area contributed by atoms with Gasteiger partial charge in [-0.25, -0.2) is 0 Å². The van der Waals surface area contributed by atoms with Gasteiger partial charge < -0.3 is 20.0 Å². The molecule has 4 heterocycles. The molecule has 0 unspecified atom stereocenters. The summed E-state index contributed by atoms with van der Waals surface area (Å²) in [6.45, 7) is 68.6. The average molecular weight is 823 g/mol. The lowest BCUT2D eigenvalue weighted by Crippen LogP contribution is -2.76. The molecule has 0 aromatic heterocycles. The number of nitrogens with zero attached hydrogens (tertiary/aromatic N) is 2. The second-order valence-electron chi connectivity index (χ2n) is 27.5. The van der Waals surface area contributed by atoms with Gasteiger partial charge in [0.15, 0.2) is 0 Å². The standard InChI is InChI=1S/C56H90N2O2/c1-29-33(30(2)38-41-37(29)45(5,6)49(13,14)53(21,22)57(41)54(23,24)50(15,16)46(38,7)8)35-43(59)36(44(35)60)34-31(3)39-42-40(32(34)4)48(11,12)52(19,20)56(27,28)58(42)55(25,26)51(17,18)47(39,9)10/h35-36,43-44,59-60H,1-28H3. The molecule has 60 heavy (non-hydrogen) atoms. The van der Waals surface area contributed by atoms with E-state index in [-0.39, 0.29) is 77.3 Å². The maximum Gasteiger partial charge on any atom is 0.0727 e. The highest BCUT2D eigenvalue weighted by Gasteiger charge is 2.70. The van der Waals surface area contributed by atoms with Crippen LogP contribution in [-0.2, 0) is 21.7 Å². The van der Waals surface area contributed by atoms with Gasteiger partial charge in [-0.1, -0.05) is 111 Å². The first-order valence-electron chi connectivity index (χ1n) is 23.8. The van der Waals surface area contributed by atoms with Crippen molar-refractivity contribution in [2.24, 2.45) is 21.7 Å². The summed E-state index contributed by atoms with van der Waals surface area (Å²) < 4.78 is 0. The van der Waals surface area contributed by atoms with Crippen molar-refractivity contribution in [2.75, 3.05) is 9.80 Å². The summed E-state index contributed by atoms with van der Waals surface area (Å²) in [5, 5.41) is 26.2. The van der Waals surface area contributed by atoms with E-state index in [2.05, 4.69) is 204 Å². The zero-order chi connectivity index (χ0) is 46.4. The lowest BCUT2D eigenvalue weighted by atomic mass is 9.44. The largest absolute Gasteiger partial charge is 0.392 e. The maximum atomic E-state index is 13.1. The van der Waals surface area contributed by atoms with Crippen molar-refractivity contribution in [1.29, 1.82) is 0 Å². The van der Waals surface area contributed by atoms with Crippen molar-refractivity contribution in [3.63, 3.8) is 0 Å². The number of rotatable bonds is 2. The Hall–Kier alpha value is -2.04. The van der Waals surface area contributed by atoms with Crippen LogP contribution in [0, 0.1) is 49.4 Å². The number of aliphatic hydroxyl groups excluding tert-OH is 2. The normalized spacial score (nSPS) is 32.7. The van der Waals surface area contributed by atoms with Crippen molar-refractivity contribution >= 4 is 11.4 Å². The second kappa shape index (κ2) is 11.6. The van der Waals surface area contributed by atoms with Crippen LogP contribution in [0.25, 0.3) is 0 Å². The van der Waals surface area contributed by atoms with Gasteiger partial charge in [0.1, 0.15) is 0 Å². The van der Waals surface area contributed by atoms with Crippen molar-refractivity contribution in [1.82, 2.24) is 0 Å². The monoisotopic (exact) mass is 823 g/mol. The third-order valence-corrected chi connectivity index (χ3v) is 23.8. The van der Waals surface area contributed by atoms with Crippen molar-refractivity contribution in [3.05, 3.63) is 55.6 Å². The van der Waals surface area contributed by atoms with Crippen LogP contribution in [-0.4, -0.2) is 44.6 Å². The van der Waals surface area contributed by atoms with Crippen LogP contribution in [0.2, 0.25) is 0 Å². The molecule has 0 radical (unpaired) electrons. The van der Waals surface area contributed by atoms with E-state index in [4.69, 9.17) is 0 Å². The van der Waals surface area contributed by atoms with Gasteiger partial charge >= 0.3 is 0 Å². The second-order valence-corrected chi connectivity index (χ2v) is 27.5. The first-order chi connectivity index (χ1) is 26.4. The van der Waals surface area contributed by atoms with E-state index in [0.717, 1.165) is 0 Å². The topological polar surface area (TPSA) is 46.9 Å². The molecule has 7 rings (SSSR count). The highest BCUT2D eigenvalue weighted by Crippen LogP contribution is 2.73. The summed E-state index contributed by atoms with van der Waals surface area (Å²) in [7, 11) is 0. The Labute approximate surface area is 369 Å². The molecule has 5 aliphatic rings. The Morgan fingerprint density at radius 2 is 0.483 bits per heavy atom. The maximum absolute atomic E-state index is 13.1.